The topological polar surface area (TPSA) is 43.8 Å². The molecule has 1 unspecified atom stereocenters. The van der Waals surface area contributed by atoms with Gasteiger partial charge in [-0.3, -0.25) is 4.68 Å². The molecule has 15 heavy (non-hydrogen) atoms. The molecule has 2 N–H and O–H groups in total. The summed E-state index contributed by atoms with van der Waals surface area (Å²) in [5, 5.41) is 4.60. The highest BCUT2D eigenvalue weighted by atomic mass is 15.3. The van der Waals surface area contributed by atoms with Crippen LogP contribution >= 0.6 is 0 Å². The van der Waals surface area contributed by atoms with E-state index in [1.54, 1.807) is 0 Å². The van der Waals surface area contributed by atoms with Crippen LogP contribution in [0.15, 0.2) is 12.3 Å². The molecule has 0 amide bonds. The van der Waals surface area contributed by atoms with E-state index < -0.39 is 0 Å². The van der Waals surface area contributed by atoms with Crippen LogP contribution in [0.25, 0.3) is 0 Å². The highest BCUT2D eigenvalue weighted by Crippen LogP contribution is 2.15. The third-order valence-electron chi connectivity index (χ3n) is 2.94. The number of nitrogens with two attached hydrogens (primary N) is 1. The summed E-state index contributed by atoms with van der Waals surface area (Å²) in [6.07, 6.45) is 5.37. The molecule has 1 aromatic rings. The summed E-state index contributed by atoms with van der Waals surface area (Å²) >= 11 is 0. The highest BCUT2D eigenvalue weighted by Gasteiger charge is 2.09. The number of hydrogen-bond acceptors (Lipinski definition) is 2. The van der Waals surface area contributed by atoms with E-state index in [0.29, 0.717) is 12.0 Å². The van der Waals surface area contributed by atoms with Crippen LogP contribution in [0.2, 0.25) is 0 Å². The van der Waals surface area contributed by atoms with Crippen LogP contribution in [0.1, 0.15) is 45.3 Å². The predicted octanol–water partition coefficient (Wildman–Crippen LogP) is 2.38. The predicted molar refractivity (Wildman–Crippen MR) is 63.8 cm³/mol. The van der Waals surface area contributed by atoms with Gasteiger partial charge in [0.05, 0.1) is 11.7 Å². The van der Waals surface area contributed by atoms with Gasteiger partial charge in [-0.15, -0.1) is 0 Å². The van der Waals surface area contributed by atoms with E-state index in [2.05, 4.69) is 42.8 Å². The number of hydrogen-bond donors (Lipinski definition) is 1. The van der Waals surface area contributed by atoms with E-state index in [1.165, 1.54) is 5.69 Å². The first-order chi connectivity index (χ1) is 7.21. The first-order valence-corrected chi connectivity index (χ1v) is 5.95. The van der Waals surface area contributed by atoms with Crippen LogP contribution in [0.4, 0.5) is 0 Å². The molecule has 0 aromatic carbocycles. The van der Waals surface area contributed by atoms with Crippen LogP contribution in [-0.2, 0) is 6.42 Å². The molecule has 0 aliphatic heterocycles. The average molecular weight is 209 g/mol. The maximum absolute atomic E-state index is 5.60. The Kier molecular flexibility index (Phi) is 4.82. The van der Waals surface area contributed by atoms with Crippen LogP contribution in [0.3, 0.4) is 0 Å². The third-order valence-corrected chi connectivity index (χ3v) is 2.94. The van der Waals surface area contributed by atoms with Crippen LogP contribution in [0.5, 0.6) is 0 Å². The molecule has 1 atom stereocenters. The lowest BCUT2D eigenvalue weighted by Gasteiger charge is -2.12. The lowest BCUT2D eigenvalue weighted by molar-refractivity contribution is 0.423. The molecule has 0 bridgehead atoms. The molecule has 0 aliphatic rings. The van der Waals surface area contributed by atoms with Crippen molar-refractivity contribution in [3.8, 4) is 0 Å². The maximum atomic E-state index is 5.60. The zero-order valence-electron chi connectivity index (χ0n) is 10.1. The zero-order chi connectivity index (χ0) is 11.3. The quantitative estimate of drug-likeness (QED) is 0.781. The molecule has 3 heteroatoms. The van der Waals surface area contributed by atoms with Crippen molar-refractivity contribution in [2.75, 3.05) is 6.54 Å². The lowest BCUT2D eigenvalue weighted by Crippen LogP contribution is -2.14. The van der Waals surface area contributed by atoms with E-state index >= 15 is 0 Å². The Labute approximate surface area is 92.7 Å². The second kappa shape index (κ2) is 5.91. The van der Waals surface area contributed by atoms with Gasteiger partial charge < -0.3 is 5.73 Å². The van der Waals surface area contributed by atoms with Crippen molar-refractivity contribution in [1.82, 2.24) is 9.78 Å². The number of aromatic nitrogens is 2. The van der Waals surface area contributed by atoms with Gasteiger partial charge in [0.1, 0.15) is 0 Å². The monoisotopic (exact) mass is 209 g/mol. The fourth-order valence-corrected chi connectivity index (χ4v) is 1.79. The standard InChI is InChI=1S/C12H23N3/c1-4-12(5-2)15-7-6-11(14-15)8-10(3)9-13/h6-7,10,12H,4-5,8-9,13H2,1-3H3. The van der Waals surface area contributed by atoms with E-state index in [-0.39, 0.29) is 0 Å². The average Bonchev–Trinajstić information content (AvgIpc) is 2.68. The molecule has 0 saturated heterocycles. The minimum atomic E-state index is 0.523. The first kappa shape index (κ1) is 12.2. The van der Waals surface area contributed by atoms with Crippen LogP contribution < -0.4 is 5.73 Å². The van der Waals surface area contributed by atoms with Crippen LogP contribution in [0, 0.1) is 5.92 Å². The Balaban J connectivity index is 2.63. The summed E-state index contributed by atoms with van der Waals surface area (Å²) in [5.74, 6) is 0.523. The highest BCUT2D eigenvalue weighted by molar-refractivity contribution is 5.00. The Morgan fingerprint density at radius 1 is 1.40 bits per heavy atom. The van der Waals surface area contributed by atoms with Gasteiger partial charge in [-0.2, -0.15) is 5.10 Å². The van der Waals surface area contributed by atoms with E-state index in [9.17, 15) is 0 Å². The number of rotatable bonds is 6. The second-order valence-corrected chi connectivity index (χ2v) is 4.30. The smallest absolute Gasteiger partial charge is 0.0627 e. The van der Waals surface area contributed by atoms with Crippen molar-refractivity contribution >= 4 is 0 Å². The van der Waals surface area contributed by atoms with E-state index in [1.807, 2.05) is 0 Å². The molecule has 0 radical (unpaired) electrons. The van der Waals surface area contributed by atoms with E-state index in [0.717, 1.165) is 25.8 Å². The Bertz CT molecular complexity index is 276. The molecule has 86 valence electrons. The van der Waals surface area contributed by atoms with Crippen molar-refractivity contribution in [3.63, 3.8) is 0 Å². The summed E-state index contributed by atoms with van der Waals surface area (Å²) in [6, 6.07) is 2.66. The van der Waals surface area contributed by atoms with Crippen molar-refractivity contribution in [1.29, 1.82) is 0 Å². The SMILES string of the molecule is CCC(CC)n1ccc(CC(C)CN)n1. The van der Waals surface area contributed by atoms with Crippen molar-refractivity contribution in [2.24, 2.45) is 11.7 Å². The summed E-state index contributed by atoms with van der Waals surface area (Å²) in [5.41, 5.74) is 6.77. The maximum Gasteiger partial charge on any atom is 0.0627 e. The molecule has 3 nitrogen and oxygen atoms in total. The fourth-order valence-electron chi connectivity index (χ4n) is 1.79. The fraction of sp³-hybridized carbons (Fsp3) is 0.750. The van der Waals surface area contributed by atoms with Gasteiger partial charge >= 0.3 is 0 Å². The summed E-state index contributed by atoms with van der Waals surface area (Å²) in [7, 11) is 0. The molecule has 0 spiro atoms. The minimum absolute atomic E-state index is 0.523. The largest absolute Gasteiger partial charge is 0.330 e. The van der Waals surface area contributed by atoms with Crippen molar-refractivity contribution < 1.29 is 0 Å². The molecular formula is C12H23N3. The van der Waals surface area contributed by atoms with Gasteiger partial charge in [-0.05, 0) is 37.8 Å². The van der Waals surface area contributed by atoms with Crippen molar-refractivity contribution in [3.05, 3.63) is 18.0 Å². The van der Waals surface area contributed by atoms with Gasteiger partial charge in [0.25, 0.3) is 0 Å². The van der Waals surface area contributed by atoms with Gasteiger partial charge in [-0.1, -0.05) is 20.8 Å². The number of nitrogens with zero attached hydrogens (tertiary/aromatic N) is 2. The molecular weight excluding hydrogens is 186 g/mol. The zero-order valence-corrected chi connectivity index (χ0v) is 10.1. The molecule has 1 heterocycles. The van der Waals surface area contributed by atoms with Crippen LogP contribution in [-0.4, -0.2) is 16.3 Å². The van der Waals surface area contributed by atoms with Gasteiger partial charge in [-0.25, -0.2) is 0 Å². The minimum Gasteiger partial charge on any atom is -0.330 e. The molecule has 1 aromatic heterocycles. The molecule has 0 aliphatic carbocycles. The lowest BCUT2D eigenvalue weighted by atomic mass is 10.1. The normalized spacial score (nSPS) is 13.4. The van der Waals surface area contributed by atoms with E-state index in [4.69, 9.17) is 5.73 Å². The summed E-state index contributed by atoms with van der Waals surface area (Å²) in [4.78, 5) is 0. The first-order valence-electron chi connectivity index (χ1n) is 5.95. The summed E-state index contributed by atoms with van der Waals surface area (Å²) < 4.78 is 2.10. The van der Waals surface area contributed by atoms with Crippen molar-refractivity contribution in [2.45, 2.75) is 46.1 Å². The summed E-state index contributed by atoms with van der Waals surface area (Å²) in [6.45, 7) is 7.31. The molecule has 0 saturated carbocycles. The Hall–Kier alpha value is -0.830. The third kappa shape index (κ3) is 3.34. The Morgan fingerprint density at radius 3 is 2.60 bits per heavy atom. The van der Waals surface area contributed by atoms with Gasteiger partial charge in [0.15, 0.2) is 0 Å². The van der Waals surface area contributed by atoms with Gasteiger partial charge in [0.2, 0.25) is 0 Å². The van der Waals surface area contributed by atoms with Gasteiger partial charge in [0, 0.05) is 6.20 Å². The second-order valence-electron chi connectivity index (χ2n) is 4.30. The molecule has 0 fully saturated rings. The Morgan fingerprint density at radius 2 is 2.07 bits per heavy atom. The molecule has 1 rings (SSSR count).